The Labute approximate surface area is 122 Å². The normalized spacial score (nSPS) is 11.9. The Kier molecular flexibility index (Phi) is 5.40. The number of hydrogen-bond donors (Lipinski definition) is 2. The molecule has 2 aromatic rings. The highest BCUT2D eigenvalue weighted by atomic mass is 19.1. The molecule has 5 heteroatoms. The maximum Gasteiger partial charge on any atom is 0.220 e. The van der Waals surface area contributed by atoms with E-state index >= 15 is 0 Å². The molecule has 0 radical (unpaired) electrons. The summed E-state index contributed by atoms with van der Waals surface area (Å²) in [7, 11) is 0. The van der Waals surface area contributed by atoms with E-state index in [9.17, 15) is 14.3 Å². The average molecular weight is 288 g/mol. The molecule has 0 bridgehead atoms. The molecule has 1 heterocycles. The van der Waals surface area contributed by atoms with Crippen LogP contribution in [0.15, 0.2) is 48.8 Å². The Hall–Kier alpha value is -2.27. The predicted octanol–water partition coefficient (Wildman–Crippen LogP) is 2.00. The van der Waals surface area contributed by atoms with Gasteiger partial charge in [-0.05, 0) is 23.6 Å². The fraction of sp³-hybridized carbons (Fsp3) is 0.250. The number of aliphatic hydroxyl groups excluding tert-OH is 1. The van der Waals surface area contributed by atoms with Crippen LogP contribution >= 0.6 is 0 Å². The van der Waals surface area contributed by atoms with Crippen LogP contribution in [-0.2, 0) is 11.2 Å². The Balaban J connectivity index is 1.89. The van der Waals surface area contributed by atoms with Crippen LogP contribution in [0.5, 0.6) is 0 Å². The van der Waals surface area contributed by atoms with Crippen molar-refractivity contribution >= 4 is 5.91 Å². The van der Waals surface area contributed by atoms with Crippen molar-refractivity contribution in [2.24, 2.45) is 0 Å². The van der Waals surface area contributed by atoms with Crippen LogP contribution in [0.1, 0.15) is 23.6 Å². The Morgan fingerprint density at radius 1 is 1.29 bits per heavy atom. The molecule has 0 aliphatic rings. The molecular formula is C16H17FN2O2. The van der Waals surface area contributed by atoms with Gasteiger partial charge in [0, 0.05) is 12.6 Å². The monoisotopic (exact) mass is 288 g/mol. The summed E-state index contributed by atoms with van der Waals surface area (Å²) < 4.78 is 13.0. The number of aryl methyl sites for hydroxylation is 1. The van der Waals surface area contributed by atoms with Gasteiger partial charge in [-0.2, -0.15) is 0 Å². The predicted molar refractivity (Wildman–Crippen MR) is 76.9 cm³/mol. The summed E-state index contributed by atoms with van der Waals surface area (Å²) in [5, 5.41) is 12.1. The minimum absolute atomic E-state index is 0.169. The highest BCUT2D eigenvalue weighted by Crippen LogP contribution is 2.12. The van der Waals surface area contributed by atoms with Gasteiger partial charge in [-0.15, -0.1) is 0 Å². The molecule has 21 heavy (non-hydrogen) atoms. The standard InChI is InChI=1S/C16H17FN2O2/c17-14-8-12(9-18-10-14)6-7-16(21)19-15(11-20)13-4-2-1-3-5-13/h1-5,8-10,15,20H,6-7,11H2,(H,19,21)/t15-/m0/s1. The summed E-state index contributed by atoms with van der Waals surface area (Å²) in [5.74, 6) is -0.604. The number of benzene rings is 1. The van der Waals surface area contributed by atoms with Crippen molar-refractivity contribution in [3.63, 3.8) is 0 Å². The first kappa shape index (κ1) is 15.1. The third-order valence-electron chi connectivity index (χ3n) is 3.12. The molecule has 0 saturated carbocycles. The van der Waals surface area contributed by atoms with E-state index in [4.69, 9.17) is 0 Å². The number of carbonyl (C=O) groups excluding carboxylic acids is 1. The number of carbonyl (C=O) groups is 1. The van der Waals surface area contributed by atoms with E-state index in [1.165, 1.54) is 12.3 Å². The first-order valence-electron chi connectivity index (χ1n) is 6.73. The van der Waals surface area contributed by atoms with Gasteiger partial charge in [-0.25, -0.2) is 4.39 Å². The largest absolute Gasteiger partial charge is 0.394 e. The smallest absolute Gasteiger partial charge is 0.220 e. The van der Waals surface area contributed by atoms with Gasteiger partial charge < -0.3 is 10.4 Å². The second kappa shape index (κ2) is 7.50. The molecule has 110 valence electrons. The lowest BCUT2D eigenvalue weighted by molar-refractivity contribution is -0.122. The van der Waals surface area contributed by atoms with Crippen molar-refractivity contribution in [1.82, 2.24) is 10.3 Å². The highest BCUT2D eigenvalue weighted by Gasteiger charge is 2.13. The molecule has 1 aromatic heterocycles. The van der Waals surface area contributed by atoms with E-state index in [-0.39, 0.29) is 18.9 Å². The fourth-order valence-corrected chi connectivity index (χ4v) is 2.04. The molecule has 0 aliphatic heterocycles. The van der Waals surface area contributed by atoms with Gasteiger partial charge in [0.25, 0.3) is 0 Å². The van der Waals surface area contributed by atoms with Crippen LogP contribution in [-0.4, -0.2) is 22.6 Å². The molecule has 1 atom stereocenters. The summed E-state index contributed by atoms with van der Waals surface area (Å²) in [6.45, 7) is -0.169. The van der Waals surface area contributed by atoms with Crippen LogP contribution in [0, 0.1) is 5.82 Å². The third kappa shape index (κ3) is 4.65. The zero-order valence-electron chi connectivity index (χ0n) is 11.5. The molecule has 1 amide bonds. The van der Waals surface area contributed by atoms with Gasteiger partial charge in [-0.3, -0.25) is 9.78 Å². The Morgan fingerprint density at radius 3 is 2.71 bits per heavy atom. The van der Waals surface area contributed by atoms with Gasteiger partial charge >= 0.3 is 0 Å². The van der Waals surface area contributed by atoms with Gasteiger partial charge in [0.1, 0.15) is 5.82 Å². The molecule has 0 spiro atoms. The SMILES string of the molecule is O=C(CCc1cncc(F)c1)N[C@@H](CO)c1ccccc1. The molecule has 4 nitrogen and oxygen atoms in total. The summed E-state index contributed by atoms with van der Waals surface area (Å²) in [5.41, 5.74) is 1.52. The molecule has 2 N–H and O–H groups in total. The number of halogens is 1. The number of nitrogens with one attached hydrogen (secondary N) is 1. The van der Waals surface area contributed by atoms with Crippen molar-refractivity contribution in [3.8, 4) is 0 Å². The van der Waals surface area contributed by atoms with Crippen LogP contribution in [0.4, 0.5) is 4.39 Å². The van der Waals surface area contributed by atoms with Crippen LogP contribution in [0.2, 0.25) is 0 Å². The average Bonchev–Trinajstić information content (AvgIpc) is 2.51. The summed E-state index contributed by atoms with van der Waals surface area (Å²) in [6, 6.07) is 10.2. The van der Waals surface area contributed by atoms with Gasteiger partial charge in [-0.1, -0.05) is 30.3 Å². The van der Waals surface area contributed by atoms with Crippen molar-refractivity contribution in [1.29, 1.82) is 0 Å². The zero-order valence-corrected chi connectivity index (χ0v) is 11.5. The van der Waals surface area contributed by atoms with Gasteiger partial charge in [0.15, 0.2) is 0 Å². The first-order chi connectivity index (χ1) is 10.2. The van der Waals surface area contributed by atoms with Crippen molar-refractivity contribution in [2.75, 3.05) is 6.61 Å². The second-order valence-corrected chi connectivity index (χ2v) is 4.72. The number of aliphatic hydroxyl groups is 1. The van der Waals surface area contributed by atoms with Crippen molar-refractivity contribution in [2.45, 2.75) is 18.9 Å². The molecule has 0 unspecified atom stereocenters. The number of rotatable bonds is 6. The summed E-state index contributed by atoms with van der Waals surface area (Å²) >= 11 is 0. The molecular weight excluding hydrogens is 271 g/mol. The molecule has 0 aliphatic carbocycles. The first-order valence-corrected chi connectivity index (χ1v) is 6.73. The van der Waals surface area contributed by atoms with Crippen molar-refractivity contribution in [3.05, 3.63) is 65.7 Å². The molecule has 2 rings (SSSR count). The lowest BCUT2D eigenvalue weighted by atomic mass is 10.1. The lowest BCUT2D eigenvalue weighted by Crippen LogP contribution is -2.30. The minimum Gasteiger partial charge on any atom is -0.394 e. The third-order valence-corrected chi connectivity index (χ3v) is 3.12. The zero-order chi connectivity index (χ0) is 15.1. The van der Waals surface area contributed by atoms with Crippen LogP contribution in [0.25, 0.3) is 0 Å². The number of pyridine rings is 1. The van der Waals surface area contributed by atoms with E-state index in [1.807, 2.05) is 30.3 Å². The van der Waals surface area contributed by atoms with Gasteiger partial charge in [0.05, 0.1) is 18.8 Å². The number of aromatic nitrogens is 1. The topological polar surface area (TPSA) is 62.2 Å². The van der Waals surface area contributed by atoms with Gasteiger partial charge in [0.2, 0.25) is 5.91 Å². The molecule has 0 saturated heterocycles. The van der Waals surface area contributed by atoms with E-state index in [0.717, 1.165) is 11.8 Å². The van der Waals surface area contributed by atoms with Crippen molar-refractivity contribution < 1.29 is 14.3 Å². The Morgan fingerprint density at radius 2 is 2.05 bits per heavy atom. The summed E-state index contributed by atoms with van der Waals surface area (Å²) in [4.78, 5) is 15.6. The van der Waals surface area contributed by atoms with E-state index in [1.54, 1.807) is 0 Å². The maximum absolute atomic E-state index is 13.0. The number of amides is 1. The van der Waals surface area contributed by atoms with Crippen LogP contribution < -0.4 is 5.32 Å². The number of hydrogen-bond acceptors (Lipinski definition) is 3. The van der Waals surface area contributed by atoms with Crippen LogP contribution in [0.3, 0.4) is 0 Å². The number of nitrogens with zero attached hydrogens (tertiary/aromatic N) is 1. The molecule has 0 fully saturated rings. The fourth-order valence-electron chi connectivity index (χ4n) is 2.04. The van der Waals surface area contributed by atoms with E-state index in [0.29, 0.717) is 12.0 Å². The lowest BCUT2D eigenvalue weighted by Gasteiger charge is -2.16. The minimum atomic E-state index is -0.427. The van der Waals surface area contributed by atoms with E-state index < -0.39 is 11.9 Å². The summed E-state index contributed by atoms with van der Waals surface area (Å²) in [6.07, 6.45) is 3.29. The maximum atomic E-state index is 13.0. The Bertz CT molecular complexity index is 590. The quantitative estimate of drug-likeness (QED) is 0.854. The van der Waals surface area contributed by atoms with E-state index in [2.05, 4.69) is 10.3 Å². The molecule has 1 aromatic carbocycles. The highest BCUT2D eigenvalue weighted by molar-refractivity contribution is 5.76. The second-order valence-electron chi connectivity index (χ2n) is 4.72.